The van der Waals surface area contributed by atoms with Gasteiger partial charge < -0.3 is 5.11 Å². The van der Waals surface area contributed by atoms with Crippen LogP contribution in [0.5, 0.6) is 5.75 Å². The molecule has 0 saturated heterocycles. The van der Waals surface area contributed by atoms with Crippen LogP contribution in [-0.2, 0) is 0 Å². The quantitative estimate of drug-likeness (QED) is 0.393. The second-order valence-corrected chi connectivity index (χ2v) is 5.51. The third-order valence-electron chi connectivity index (χ3n) is 2.84. The fraction of sp³-hybridized carbons (Fsp3) is 0. The van der Waals surface area contributed by atoms with Gasteiger partial charge in [-0.3, -0.25) is 30.6 Å². The number of non-ortho nitro benzene ring substituents is 1. The number of phenolic OH excluding ortho intramolecular Hbond substituents is 1. The SMILES string of the molecule is O=C(NNC(=O)c1cc([N+](=O)[O-])ccc1I)c1ccccc1O. The van der Waals surface area contributed by atoms with Crippen LogP contribution in [0.2, 0.25) is 0 Å². The van der Waals surface area contributed by atoms with Gasteiger partial charge in [0.1, 0.15) is 5.75 Å². The van der Waals surface area contributed by atoms with Gasteiger partial charge in [-0.15, -0.1) is 0 Å². The van der Waals surface area contributed by atoms with Gasteiger partial charge in [0.15, 0.2) is 0 Å². The van der Waals surface area contributed by atoms with Crippen molar-refractivity contribution in [3.05, 3.63) is 67.3 Å². The van der Waals surface area contributed by atoms with Crippen molar-refractivity contribution >= 4 is 40.1 Å². The van der Waals surface area contributed by atoms with Crippen LogP contribution in [0.3, 0.4) is 0 Å². The number of nitrogens with zero attached hydrogens (tertiary/aromatic N) is 1. The Hall–Kier alpha value is -2.69. The van der Waals surface area contributed by atoms with Crippen molar-refractivity contribution in [3.8, 4) is 5.75 Å². The highest BCUT2D eigenvalue weighted by molar-refractivity contribution is 14.1. The molecule has 2 aromatic carbocycles. The number of carbonyl (C=O) groups excluding carboxylic acids is 2. The van der Waals surface area contributed by atoms with Crippen molar-refractivity contribution in [2.75, 3.05) is 0 Å². The molecule has 0 saturated carbocycles. The van der Waals surface area contributed by atoms with E-state index in [4.69, 9.17) is 0 Å². The molecule has 0 aliphatic carbocycles. The van der Waals surface area contributed by atoms with Crippen LogP contribution in [0.4, 0.5) is 5.69 Å². The molecule has 2 rings (SSSR count). The number of carbonyl (C=O) groups is 2. The summed E-state index contributed by atoms with van der Waals surface area (Å²) in [6.07, 6.45) is 0. The summed E-state index contributed by atoms with van der Waals surface area (Å²) in [5.41, 5.74) is 4.10. The number of hydrazine groups is 1. The van der Waals surface area contributed by atoms with E-state index in [1.807, 2.05) is 22.6 Å². The number of nitrogens with one attached hydrogen (secondary N) is 2. The van der Waals surface area contributed by atoms with Crippen molar-refractivity contribution in [2.24, 2.45) is 0 Å². The predicted octanol–water partition coefficient (Wildman–Crippen LogP) is 1.98. The largest absolute Gasteiger partial charge is 0.507 e. The molecule has 9 heteroatoms. The Morgan fingerprint density at radius 1 is 1.04 bits per heavy atom. The average molecular weight is 427 g/mol. The van der Waals surface area contributed by atoms with Crippen LogP contribution in [0.15, 0.2) is 42.5 Å². The maximum atomic E-state index is 12.0. The minimum Gasteiger partial charge on any atom is -0.507 e. The first kappa shape index (κ1) is 16.7. The maximum absolute atomic E-state index is 12.0. The van der Waals surface area contributed by atoms with E-state index in [9.17, 15) is 24.8 Å². The Balaban J connectivity index is 2.11. The Bertz CT molecular complexity index is 794. The zero-order chi connectivity index (χ0) is 17.0. The van der Waals surface area contributed by atoms with Gasteiger partial charge in [0, 0.05) is 15.7 Å². The molecular weight excluding hydrogens is 417 g/mol. The van der Waals surface area contributed by atoms with Crippen LogP contribution >= 0.6 is 22.6 Å². The Kier molecular flexibility index (Phi) is 5.11. The van der Waals surface area contributed by atoms with E-state index in [1.165, 1.54) is 24.3 Å². The fourth-order valence-corrected chi connectivity index (χ4v) is 2.30. The van der Waals surface area contributed by atoms with Crippen molar-refractivity contribution in [1.29, 1.82) is 0 Å². The molecule has 0 fully saturated rings. The lowest BCUT2D eigenvalue weighted by molar-refractivity contribution is -0.384. The first-order valence-corrected chi connectivity index (χ1v) is 7.30. The summed E-state index contributed by atoms with van der Waals surface area (Å²) < 4.78 is 0.488. The van der Waals surface area contributed by atoms with E-state index in [1.54, 1.807) is 12.1 Å². The highest BCUT2D eigenvalue weighted by Gasteiger charge is 2.17. The first-order chi connectivity index (χ1) is 10.9. The molecule has 8 nitrogen and oxygen atoms in total. The van der Waals surface area contributed by atoms with Crippen LogP contribution in [0.25, 0.3) is 0 Å². The van der Waals surface area contributed by atoms with E-state index in [0.29, 0.717) is 3.57 Å². The molecule has 0 aliphatic heterocycles. The highest BCUT2D eigenvalue weighted by atomic mass is 127. The summed E-state index contributed by atoms with van der Waals surface area (Å²) in [7, 11) is 0. The lowest BCUT2D eigenvalue weighted by Crippen LogP contribution is -2.41. The van der Waals surface area contributed by atoms with Gasteiger partial charge in [0.05, 0.1) is 16.1 Å². The second-order valence-electron chi connectivity index (χ2n) is 4.35. The fourth-order valence-electron chi connectivity index (χ4n) is 1.71. The Morgan fingerprint density at radius 2 is 1.65 bits per heavy atom. The number of halogens is 1. The van der Waals surface area contributed by atoms with E-state index in [2.05, 4.69) is 10.9 Å². The third kappa shape index (κ3) is 3.94. The number of phenols is 1. The predicted molar refractivity (Wildman–Crippen MR) is 88.9 cm³/mol. The van der Waals surface area contributed by atoms with E-state index in [0.717, 1.165) is 6.07 Å². The number of aromatic hydroxyl groups is 1. The topological polar surface area (TPSA) is 122 Å². The minimum absolute atomic E-state index is 0.0125. The lowest BCUT2D eigenvalue weighted by Gasteiger charge is -2.09. The molecule has 2 amide bonds. The van der Waals surface area contributed by atoms with E-state index >= 15 is 0 Å². The molecule has 118 valence electrons. The number of hydrogen-bond donors (Lipinski definition) is 3. The average Bonchev–Trinajstić information content (AvgIpc) is 2.53. The second kappa shape index (κ2) is 7.05. The molecule has 0 aliphatic rings. The normalized spacial score (nSPS) is 9.96. The molecule has 0 radical (unpaired) electrons. The number of hydrogen-bond acceptors (Lipinski definition) is 5. The van der Waals surface area contributed by atoms with Crippen molar-refractivity contribution in [3.63, 3.8) is 0 Å². The summed E-state index contributed by atoms with van der Waals surface area (Å²) in [6, 6.07) is 9.64. The smallest absolute Gasteiger partial charge is 0.273 e. The zero-order valence-corrected chi connectivity index (χ0v) is 13.6. The number of rotatable bonds is 3. The van der Waals surface area contributed by atoms with Gasteiger partial charge in [0.2, 0.25) is 0 Å². The standard InChI is InChI=1S/C14H10IN3O5/c15-11-6-5-8(18(22)23)7-10(11)14(21)17-16-13(20)9-3-1-2-4-12(9)19/h1-7,19H,(H,16,20)(H,17,21). The van der Waals surface area contributed by atoms with Crippen molar-refractivity contribution in [1.82, 2.24) is 10.9 Å². The number of nitro groups is 1. The Labute approximate surface area is 143 Å². The van der Waals surface area contributed by atoms with E-state index in [-0.39, 0.29) is 22.6 Å². The summed E-state index contributed by atoms with van der Waals surface area (Å²) in [4.78, 5) is 34.0. The van der Waals surface area contributed by atoms with Crippen LogP contribution < -0.4 is 10.9 Å². The van der Waals surface area contributed by atoms with Crippen LogP contribution in [0, 0.1) is 13.7 Å². The zero-order valence-electron chi connectivity index (χ0n) is 11.4. The summed E-state index contributed by atoms with van der Waals surface area (Å²) in [5, 5.41) is 20.3. The number of nitro benzene ring substituents is 1. The molecule has 23 heavy (non-hydrogen) atoms. The van der Waals surface area contributed by atoms with Crippen LogP contribution in [0.1, 0.15) is 20.7 Å². The first-order valence-electron chi connectivity index (χ1n) is 6.22. The number of amides is 2. The minimum atomic E-state index is -0.711. The van der Waals surface area contributed by atoms with Crippen molar-refractivity contribution < 1.29 is 19.6 Å². The highest BCUT2D eigenvalue weighted by Crippen LogP contribution is 2.19. The van der Waals surface area contributed by atoms with Gasteiger partial charge in [0.25, 0.3) is 17.5 Å². The number of benzene rings is 2. The van der Waals surface area contributed by atoms with Crippen molar-refractivity contribution in [2.45, 2.75) is 0 Å². The van der Waals surface area contributed by atoms with Crippen LogP contribution in [-0.4, -0.2) is 21.8 Å². The molecule has 2 aromatic rings. The van der Waals surface area contributed by atoms with Gasteiger partial charge in [-0.2, -0.15) is 0 Å². The maximum Gasteiger partial charge on any atom is 0.273 e. The van der Waals surface area contributed by atoms with Gasteiger partial charge in [-0.05, 0) is 40.8 Å². The molecule has 0 bridgehead atoms. The molecule has 3 N–H and O–H groups in total. The van der Waals surface area contributed by atoms with Gasteiger partial charge >= 0.3 is 0 Å². The summed E-state index contributed by atoms with van der Waals surface area (Å²) >= 11 is 1.85. The molecule has 0 atom stereocenters. The lowest BCUT2D eigenvalue weighted by atomic mass is 10.2. The third-order valence-corrected chi connectivity index (χ3v) is 3.78. The molecule has 0 heterocycles. The molecule has 0 aromatic heterocycles. The van der Waals surface area contributed by atoms with Gasteiger partial charge in [-0.25, -0.2) is 0 Å². The molecular formula is C14H10IN3O5. The summed E-state index contributed by atoms with van der Waals surface area (Å²) in [5.74, 6) is -1.65. The summed E-state index contributed by atoms with van der Waals surface area (Å²) in [6.45, 7) is 0. The number of para-hydroxylation sites is 1. The van der Waals surface area contributed by atoms with Gasteiger partial charge in [-0.1, -0.05) is 12.1 Å². The molecule has 0 unspecified atom stereocenters. The monoisotopic (exact) mass is 427 g/mol. The molecule has 0 spiro atoms. The van der Waals surface area contributed by atoms with E-state index < -0.39 is 16.7 Å². The Morgan fingerprint density at radius 3 is 2.26 bits per heavy atom.